The van der Waals surface area contributed by atoms with Crippen LogP contribution in [0.3, 0.4) is 0 Å². The Labute approximate surface area is 103 Å². The second-order valence-corrected chi connectivity index (χ2v) is 4.70. The summed E-state index contributed by atoms with van der Waals surface area (Å²) in [5, 5.41) is 0. The molecule has 0 fully saturated rings. The van der Waals surface area contributed by atoms with Gasteiger partial charge in [-0.15, -0.1) is 24.8 Å². The normalized spacial score (nSPS) is 20.8. The smallest absolute Gasteiger partial charge is 0.147 e. The van der Waals surface area contributed by atoms with E-state index in [0.717, 1.165) is 11.8 Å². The molecule has 0 aromatic heterocycles. The predicted molar refractivity (Wildman–Crippen MR) is 54.7 cm³/mol. The van der Waals surface area contributed by atoms with E-state index in [2.05, 4.69) is 32.9 Å². The van der Waals surface area contributed by atoms with Gasteiger partial charge in [-0.3, -0.25) is 0 Å². The van der Waals surface area contributed by atoms with Crippen LogP contribution in [0.25, 0.3) is 0 Å². The fraction of sp³-hybridized carbons (Fsp3) is 0.556. The van der Waals surface area contributed by atoms with Gasteiger partial charge < -0.3 is 0 Å². The van der Waals surface area contributed by atoms with Crippen molar-refractivity contribution in [3.05, 3.63) is 21.0 Å². The zero-order valence-electron chi connectivity index (χ0n) is 7.63. The van der Waals surface area contributed by atoms with E-state index in [1.54, 1.807) is 28.0 Å². The molecule has 1 atom stereocenters. The molecule has 1 aliphatic rings. The third kappa shape index (κ3) is 3.77. The van der Waals surface area contributed by atoms with E-state index < -0.39 is 0 Å². The monoisotopic (exact) mass is 283 g/mol. The molecule has 0 saturated carbocycles. The van der Waals surface area contributed by atoms with Gasteiger partial charge in [0.2, 0.25) is 0 Å². The maximum atomic E-state index is 2.38. The molecular weight excluding hydrogens is 270 g/mol. The fourth-order valence-electron chi connectivity index (χ4n) is 1.31. The zero-order chi connectivity index (χ0) is 7.72. The molecule has 0 heterocycles. The van der Waals surface area contributed by atoms with Crippen molar-refractivity contribution in [1.82, 2.24) is 0 Å². The zero-order valence-corrected chi connectivity index (χ0v) is 11.7. The number of rotatable bonds is 1. The molecule has 0 aromatic rings. The van der Waals surface area contributed by atoms with Gasteiger partial charge in [-0.1, -0.05) is 0 Å². The molecule has 0 spiro atoms. The third-order valence-corrected chi connectivity index (χ3v) is 3.08. The Morgan fingerprint density at radius 2 is 1.83 bits per heavy atom. The van der Waals surface area contributed by atoms with E-state index in [9.17, 15) is 0 Å². The fourth-order valence-corrected chi connectivity index (χ4v) is 2.90. The Balaban J connectivity index is 0. The van der Waals surface area contributed by atoms with E-state index in [0.29, 0.717) is 0 Å². The standard InChI is InChI=1S/C9H13.2ClH.Zr/c1-7(2)9-5-4-8(3)6-9;;;/h4,6-7,9H,1-3H3;2*1H;. The largest absolute Gasteiger partial charge is 0.147 e. The van der Waals surface area contributed by atoms with Gasteiger partial charge in [0.1, 0.15) is 0 Å². The molecule has 12 heavy (non-hydrogen) atoms. The van der Waals surface area contributed by atoms with Crippen LogP contribution in [0.15, 0.2) is 21.0 Å². The van der Waals surface area contributed by atoms with E-state index in [1.807, 2.05) is 0 Å². The van der Waals surface area contributed by atoms with Gasteiger partial charge in [0.25, 0.3) is 0 Å². The van der Waals surface area contributed by atoms with Crippen LogP contribution in [-0.4, -0.2) is 0 Å². The van der Waals surface area contributed by atoms with Crippen molar-refractivity contribution >= 4 is 24.8 Å². The summed E-state index contributed by atoms with van der Waals surface area (Å²) < 4.78 is 1.61. The quantitative estimate of drug-likeness (QED) is 0.692. The van der Waals surface area contributed by atoms with Crippen LogP contribution in [0, 0.1) is 11.8 Å². The van der Waals surface area contributed by atoms with Crippen LogP contribution in [0.1, 0.15) is 20.8 Å². The van der Waals surface area contributed by atoms with Gasteiger partial charge in [-0.25, -0.2) is 0 Å². The average molecular weight is 285 g/mol. The minimum atomic E-state index is 0. The van der Waals surface area contributed by atoms with Gasteiger partial charge in [-0.05, 0) is 0 Å². The SMILES string of the molecule is CC1=CC(C(C)C)[C]([Zr])=C1.Cl.Cl. The second-order valence-electron chi connectivity index (χ2n) is 3.28. The molecular formula is C9H15Cl2Zr. The maximum Gasteiger partial charge on any atom is -0.147 e. The van der Waals surface area contributed by atoms with Crippen molar-refractivity contribution in [1.29, 1.82) is 0 Å². The van der Waals surface area contributed by atoms with Crippen LogP contribution >= 0.6 is 24.8 Å². The number of halogens is 2. The predicted octanol–water partition coefficient (Wildman–Crippen LogP) is 3.49. The van der Waals surface area contributed by atoms with Crippen molar-refractivity contribution < 1.29 is 24.7 Å². The molecule has 0 aliphatic heterocycles. The van der Waals surface area contributed by atoms with Gasteiger partial charge in [0.05, 0.1) is 0 Å². The van der Waals surface area contributed by atoms with E-state index >= 15 is 0 Å². The first-order chi connectivity index (χ1) is 4.61. The molecule has 1 unspecified atom stereocenters. The first-order valence-electron chi connectivity index (χ1n) is 3.73. The summed E-state index contributed by atoms with van der Waals surface area (Å²) in [6, 6.07) is 0. The molecule has 69 valence electrons. The summed E-state index contributed by atoms with van der Waals surface area (Å²) in [6.07, 6.45) is 4.71. The number of hydrogen-bond donors (Lipinski definition) is 0. The molecule has 0 nitrogen and oxygen atoms in total. The Morgan fingerprint density at radius 1 is 1.33 bits per heavy atom. The van der Waals surface area contributed by atoms with Gasteiger partial charge in [0.15, 0.2) is 0 Å². The van der Waals surface area contributed by atoms with Crippen LogP contribution in [0.5, 0.6) is 0 Å². The summed E-state index contributed by atoms with van der Waals surface area (Å²) in [4.78, 5) is 0. The van der Waals surface area contributed by atoms with Gasteiger partial charge in [-0.2, -0.15) is 0 Å². The van der Waals surface area contributed by atoms with Crippen molar-refractivity contribution in [2.75, 3.05) is 0 Å². The minimum absolute atomic E-state index is 0. The second kappa shape index (κ2) is 6.40. The molecule has 1 aliphatic carbocycles. The molecule has 0 saturated heterocycles. The first-order valence-corrected chi connectivity index (χ1v) is 4.96. The van der Waals surface area contributed by atoms with Crippen molar-refractivity contribution in [3.63, 3.8) is 0 Å². The van der Waals surface area contributed by atoms with Gasteiger partial charge >= 0.3 is 78.3 Å². The minimum Gasteiger partial charge on any atom is -0.147 e. The molecule has 0 amide bonds. The van der Waals surface area contributed by atoms with Crippen LogP contribution in [0.4, 0.5) is 0 Å². The summed E-state index contributed by atoms with van der Waals surface area (Å²) in [5.74, 6) is 1.53. The maximum absolute atomic E-state index is 2.38. The summed E-state index contributed by atoms with van der Waals surface area (Å²) in [7, 11) is 0. The van der Waals surface area contributed by atoms with Crippen molar-refractivity contribution in [2.24, 2.45) is 11.8 Å². The molecule has 0 radical (unpaired) electrons. The number of hydrogen-bond acceptors (Lipinski definition) is 0. The molecule has 0 N–H and O–H groups in total. The van der Waals surface area contributed by atoms with Crippen molar-refractivity contribution in [3.8, 4) is 0 Å². The van der Waals surface area contributed by atoms with Crippen molar-refractivity contribution in [2.45, 2.75) is 20.8 Å². The van der Waals surface area contributed by atoms with Crippen LogP contribution in [0.2, 0.25) is 0 Å². The van der Waals surface area contributed by atoms with Crippen LogP contribution in [-0.2, 0) is 24.7 Å². The summed E-state index contributed by atoms with van der Waals surface area (Å²) >= 11 is 1.58. The Morgan fingerprint density at radius 3 is 2.00 bits per heavy atom. The van der Waals surface area contributed by atoms with E-state index in [4.69, 9.17) is 0 Å². The Bertz CT molecular complexity index is 195. The van der Waals surface area contributed by atoms with Gasteiger partial charge in [0, 0.05) is 0 Å². The summed E-state index contributed by atoms with van der Waals surface area (Å²) in [5.41, 5.74) is 1.45. The van der Waals surface area contributed by atoms with Crippen LogP contribution < -0.4 is 0 Å². The van der Waals surface area contributed by atoms with E-state index in [-0.39, 0.29) is 24.8 Å². The number of allylic oxidation sites excluding steroid dienone is 4. The topological polar surface area (TPSA) is 0 Å². The molecule has 0 bridgehead atoms. The van der Waals surface area contributed by atoms with E-state index in [1.165, 1.54) is 5.57 Å². The Kier molecular flexibility index (Phi) is 8.23. The Hall–Kier alpha value is 0.943. The summed E-state index contributed by atoms with van der Waals surface area (Å²) in [6.45, 7) is 6.77. The molecule has 1 rings (SSSR count). The molecule has 0 aromatic carbocycles. The first kappa shape index (κ1) is 15.4. The average Bonchev–Trinajstić information content (AvgIpc) is 2.10. The third-order valence-electron chi connectivity index (χ3n) is 1.90. The molecule has 3 heteroatoms.